The highest BCUT2D eigenvalue weighted by Crippen LogP contribution is 2.07. The number of amides is 1. The molecule has 3 nitrogen and oxygen atoms in total. The molecule has 17 heavy (non-hydrogen) atoms. The fraction of sp³-hybridized carbons (Fsp3) is 0.929. The zero-order chi connectivity index (χ0) is 13.4. The lowest BCUT2D eigenvalue weighted by atomic mass is 10.00. The summed E-state index contributed by atoms with van der Waals surface area (Å²) in [7, 11) is 0. The van der Waals surface area contributed by atoms with Gasteiger partial charge in [0.1, 0.15) is 0 Å². The van der Waals surface area contributed by atoms with E-state index in [9.17, 15) is 4.79 Å². The molecular formula is C14H30N2O. The van der Waals surface area contributed by atoms with Crippen LogP contribution in [0.3, 0.4) is 0 Å². The molecule has 102 valence electrons. The summed E-state index contributed by atoms with van der Waals surface area (Å²) in [4.78, 5) is 11.9. The van der Waals surface area contributed by atoms with Crippen molar-refractivity contribution in [2.75, 3.05) is 0 Å². The molecule has 0 aromatic heterocycles. The van der Waals surface area contributed by atoms with E-state index in [1.807, 2.05) is 6.92 Å². The van der Waals surface area contributed by atoms with Gasteiger partial charge in [-0.3, -0.25) is 4.79 Å². The van der Waals surface area contributed by atoms with Gasteiger partial charge in [0.25, 0.3) is 0 Å². The first kappa shape index (κ1) is 16.4. The van der Waals surface area contributed by atoms with Crippen molar-refractivity contribution in [1.29, 1.82) is 0 Å². The summed E-state index contributed by atoms with van der Waals surface area (Å²) < 4.78 is 0. The number of hydrogen-bond acceptors (Lipinski definition) is 2. The van der Waals surface area contributed by atoms with Crippen molar-refractivity contribution >= 4 is 5.91 Å². The summed E-state index contributed by atoms with van der Waals surface area (Å²) in [5, 5.41) is 6.45. The van der Waals surface area contributed by atoms with Crippen molar-refractivity contribution in [1.82, 2.24) is 10.6 Å². The number of carbonyl (C=O) groups is 1. The van der Waals surface area contributed by atoms with Crippen molar-refractivity contribution in [2.45, 2.75) is 78.9 Å². The van der Waals surface area contributed by atoms with Crippen molar-refractivity contribution in [2.24, 2.45) is 5.92 Å². The molecule has 0 aliphatic carbocycles. The molecule has 1 amide bonds. The van der Waals surface area contributed by atoms with Crippen LogP contribution in [-0.2, 0) is 4.79 Å². The largest absolute Gasteiger partial charge is 0.352 e. The number of hydrogen-bond donors (Lipinski definition) is 2. The van der Waals surface area contributed by atoms with Crippen LogP contribution < -0.4 is 10.6 Å². The van der Waals surface area contributed by atoms with Gasteiger partial charge in [-0.25, -0.2) is 0 Å². The Balaban J connectivity index is 4.13. The molecule has 0 spiro atoms. The van der Waals surface area contributed by atoms with Crippen LogP contribution in [0.1, 0.15) is 60.8 Å². The molecular weight excluding hydrogens is 212 g/mol. The predicted molar refractivity (Wildman–Crippen MR) is 74.0 cm³/mol. The minimum absolute atomic E-state index is 0.111. The van der Waals surface area contributed by atoms with Gasteiger partial charge in [-0.15, -0.1) is 0 Å². The van der Waals surface area contributed by atoms with Crippen molar-refractivity contribution in [3.63, 3.8) is 0 Å². The van der Waals surface area contributed by atoms with Gasteiger partial charge < -0.3 is 10.6 Å². The van der Waals surface area contributed by atoms with E-state index in [0.717, 1.165) is 19.3 Å². The number of rotatable bonds is 8. The van der Waals surface area contributed by atoms with Crippen molar-refractivity contribution in [3.05, 3.63) is 0 Å². The van der Waals surface area contributed by atoms with Crippen LogP contribution >= 0.6 is 0 Å². The fourth-order valence-corrected chi connectivity index (χ4v) is 1.81. The molecule has 0 aliphatic rings. The average molecular weight is 242 g/mol. The van der Waals surface area contributed by atoms with Crippen molar-refractivity contribution < 1.29 is 4.79 Å². The summed E-state index contributed by atoms with van der Waals surface area (Å²) in [6, 6.07) is 0.577. The van der Waals surface area contributed by atoms with Crippen LogP contribution in [-0.4, -0.2) is 24.0 Å². The Bertz CT molecular complexity index is 214. The number of carbonyl (C=O) groups excluding carboxylic acids is 1. The van der Waals surface area contributed by atoms with E-state index in [2.05, 4.69) is 45.3 Å². The summed E-state index contributed by atoms with van der Waals surface area (Å²) in [6.07, 6.45) is 3.13. The van der Waals surface area contributed by atoms with Gasteiger partial charge in [0.15, 0.2) is 0 Å². The van der Waals surface area contributed by atoms with Gasteiger partial charge in [-0.2, -0.15) is 0 Å². The normalized spacial score (nSPS) is 16.6. The molecule has 0 aromatic rings. The molecule has 0 saturated carbocycles. The molecule has 0 saturated heterocycles. The Morgan fingerprint density at radius 3 is 1.94 bits per heavy atom. The number of nitrogens with one attached hydrogen (secondary N) is 2. The van der Waals surface area contributed by atoms with Crippen LogP contribution in [0.4, 0.5) is 0 Å². The molecule has 0 fully saturated rings. The molecule has 0 aromatic carbocycles. The average Bonchev–Trinajstić information content (AvgIpc) is 2.34. The highest BCUT2D eigenvalue weighted by Gasteiger charge is 2.19. The summed E-state index contributed by atoms with van der Waals surface area (Å²) in [6.45, 7) is 12.7. The zero-order valence-corrected chi connectivity index (χ0v) is 12.3. The molecule has 0 radical (unpaired) electrons. The molecule has 0 aliphatic heterocycles. The van der Waals surface area contributed by atoms with Crippen LogP contribution in [0.15, 0.2) is 0 Å². The Kier molecular flexibility index (Phi) is 8.23. The third-order valence-electron chi connectivity index (χ3n) is 3.74. The minimum Gasteiger partial charge on any atom is -0.352 e. The molecule has 0 bridgehead atoms. The van der Waals surface area contributed by atoms with E-state index in [4.69, 9.17) is 0 Å². The second-order valence-corrected chi connectivity index (χ2v) is 5.08. The Morgan fingerprint density at radius 2 is 1.53 bits per heavy atom. The van der Waals surface area contributed by atoms with Crippen LogP contribution in [0, 0.1) is 5.92 Å². The van der Waals surface area contributed by atoms with Gasteiger partial charge in [0.05, 0.1) is 6.04 Å². The van der Waals surface area contributed by atoms with E-state index < -0.39 is 0 Å². The van der Waals surface area contributed by atoms with E-state index in [1.165, 1.54) is 0 Å². The lowest BCUT2D eigenvalue weighted by molar-refractivity contribution is -0.123. The predicted octanol–water partition coefficient (Wildman–Crippen LogP) is 2.70. The molecule has 3 heteroatoms. The van der Waals surface area contributed by atoms with E-state index in [-0.39, 0.29) is 11.9 Å². The first-order chi connectivity index (χ1) is 7.96. The molecule has 2 N–H and O–H groups in total. The van der Waals surface area contributed by atoms with Gasteiger partial charge in [0.2, 0.25) is 5.91 Å². The third-order valence-corrected chi connectivity index (χ3v) is 3.74. The second kappa shape index (κ2) is 8.51. The standard InChI is InChI=1S/C14H30N2O/c1-7-10(4)11(5)15-12(6)14(17)16-13(8-2)9-3/h10-13,15H,7-9H2,1-6H3,(H,16,17). The smallest absolute Gasteiger partial charge is 0.237 e. The molecule has 0 rings (SSSR count). The molecule has 3 atom stereocenters. The SMILES string of the molecule is CCC(CC)NC(=O)C(C)NC(C)C(C)CC. The minimum atomic E-state index is -0.111. The lowest BCUT2D eigenvalue weighted by Gasteiger charge is -2.25. The maximum Gasteiger partial charge on any atom is 0.237 e. The van der Waals surface area contributed by atoms with E-state index in [1.54, 1.807) is 0 Å². The first-order valence-corrected chi connectivity index (χ1v) is 7.02. The van der Waals surface area contributed by atoms with Gasteiger partial charge in [-0.05, 0) is 32.6 Å². The Labute approximate surface area is 107 Å². The van der Waals surface area contributed by atoms with Crippen molar-refractivity contribution in [3.8, 4) is 0 Å². The fourth-order valence-electron chi connectivity index (χ4n) is 1.81. The second-order valence-electron chi connectivity index (χ2n) is 5.08. The van der Waals surface area contributed by atoms with Gasteiger partial charge in [-0.1, -0.05) is 34.1 Å². The van der Waals surface area contributed by atoms with E-state index >= 15 is 0 Å². The lowest BCUT2D eigenvalue weighted by Crippen LogP contribution is -2.49. The van der Waals surface area contributed by atoms with Crippen LogP contribution in [0.2, 0.25) is 0 Å². The summed E-state index contributed by atoms with van der Waals surface area (Å²) in [5.74, 6) is 0.715. The molecule has 3 unspecified atom stereocenters. The first-order valence-electron chi connectivity index (χ1n) is 7.02. The monoisotopic (exact) mass is 242 g/mol. The highest BCUT2D eigenvalue weighted by atomic mass is 16.2. The maximum absolute atomic E-state index is 11.9. The van der Waals surface area contributed by atoms with Crippen LogP contribution in [0.5, 0.6) is 0 Å². The van der Waals surface area contributed by atoms with Crippen LogP contribution in [0.25, 0.3) is 0 Å². The van der Waals surface area contributed by atoms with Gasteiger partial charge in [0, 0.05) is 12.1 Å². The summed E-state index contributed by atoms with van der Waals surface area (Å²) in [5.41, 5.74) is 0. The van der Waals surface area contributed by atoms with Gasteiger partial charge >= 0.3 is 0 Å². The quantitative estimate of drug-likeness (QED) is 0.687. The summed E-state index contributed by atoms with van der Waals surface area (Å²) >= 11 is 0. The highest BCUT2D eigenvalue weighted by molar-refractivity contribution is 5.81. The maximum atomic E-state index is 11.9. The topological polar surface area (TPSA) is 41.1 Å². The van der Waals surface area contributed by atoms with E-state index in [0.29, 0.717) is 18.0 Å². The zero-order valence-electron chi connectivity index (χ0n) is 12.3. The molecule has 0 heterocycles. The Hall–Kier alpha value is -0.570. The third kappa shape index (κ3) is 6.06. The Morgan fingerprint density at radius 1 is 1.00 bits per heavy atom.